The van der Waals surface area contributed by atoms with Crippen molar-refractivity contribution in [1.29, 1.82) is 0 Å². The van der Waals surface area contributed by atoms with Crippen molar-refractivity contribution in [3.8, 4) is 0 Å². The molecule has 1 spiro atoms. The molecule has 176 valence electrons. The van der Waals surface area contributed by atoms with Crippen LogP contribution < -0.4 is 5.32 Å². The predicted octanol–water partition coefficient (Wildman–Crippen LogP) is 4.19. The van der Waals surface area contributed by atoms with Crippen molar-refractivity contribution >= 4 is 35.0 Å². The Balaban J connectivity index is 1.65. The molecule has 2 heterocycles. The monoisotopic (exact) mass is 478 g/mol. The number of nitrogens with zero attached hydrogens (tertiary/aromatic N) is 3. The molecule has 2 aromatic carbocycles. The van der Waals surface area contributed by atoms with Gasteiger partial charge in [-0.2, -0.15) is 0 Å². The summed E-state index contributed by atoms with van der Waals surface area (Å²) in [5.74, 6) is -0.669. The molecule has 4 rings (SSSR count). The van der Waals surface area contributed by atoms with Gasteiger partial charge in [0.1, 0.15) is 11.5 Å². The van der Waals surface area contributed by atoms with Crippen molar-refractivity contribution in [2.24, 2.45) is 5.92 Å². The summed E-state index contributed by atoms with van der Waals surface area (Å²) in [5, 5.41) is 3.43. The highest BCUT2D eigenvalue weighted by atomic mass is 35.5. The van der Waals surface area contributed by atoms with E-state index in [2.05, 4.69) is 10.2 Å². The second-order valence-electron chi connectivity index (χ2n) is 9.43. The minimum absolute atomic E-state index is 0.110. The highest BCUT2D eigenvalue weighted by Gasteiger charge is 2.59. The van der Waals surface area contributed by atoms with Crippen molar-refractivity contribution in [2.45, 2.75) is 44.3 Å². The Labute approximate surface area is 204 Å². The van der Waals surface area contributed by atoms with Gasteiger partial charge in [0.15, 0.2) is 0 Å². The second-order valence-corrected chi connectivity index (χ2v) is 9.87. The van der Waals surface area contributed by atoms with E-state index in [-0.39, 0.29) is 36.6 Å². The number of likely N-dealkylation sites (N-methyl/N-ethyl adjacent to an activating group) is 1. The van der Waals surface area contributed by atoms with E-state index in [9.17, 15) is 14.4 Å². The van der Waals surface area contributed by atoms with Crippen LogP contribution in [-0.4, -0.2) is 53.3 Å². The lowest BCUT2D eigenvalue weighted by Crippen LogP contribution is -2.51. The molecule has 1 N–H and O–H groups in total. The van der Waals surface area contributed by atoms with E-state index in [0.29, 0.717) is 17.0 Å². The third-order valence-electron chi connectivity index (χ3n) is 6.75. The van der Waals surface area contributed by atoms with Crippen LogP contribution in [-0.2, 0) is 15.0 Å². The van der Waals surface area contributed by atoms with Gasteiger partial charge in [-0.25, -0.2) is 6.57 Å². The Hall–Kier alpha value is -3.37. The summed E-state index contributed by atoms with van der Waals surface area (Å²) < 4.78 is 0. The van der Waals surface area contributed by atoms with Crippen molar-refractivity contribution in [3.63, 3.8) is 0 Å². The van der Waals surface area contributed by atoms with Crippen LogP contribution >= 0.6 is 11.6 Å². The Bertz CT molecular complexity index is 1170. The van der Waals surface area contributed by atoms with E-state index >= 15 is 0 Å². The number of fused-ring (bicyclic) bond motifs is 2. The number of nitrogens with one attached hydrogen (secondary N) is 1. The highest BCUT2D eigenvalue weighted by Crippen LogP contribution is 2.47. The molecule has 2 aliphatic rings. The third kappa shape index (κ3) is 4.03. The van der Waals surface area contributed by atoms with E-state index in [0.717, 1.165) is 11.3 Å². The highest BCUT2D eigenvalue weighted by molar-refractivity contribution is 6.30. The zero-order valence-electron chi connectivity index (χ0n) is 19.4. The van der Waals surface area contributed by atoms with Gasteiger partial charge in [-0.1, -0.05) is 43.6 Å². The smallest absolute Gasteiger partial charge is 0.302 e. The van der Waals surface area contributed by atoms with Gasteiger partial charge in [0.25, 0.3) is 11.8 Å². The molecule has 0 unspecified atom stereocenters. The lowest BCUT2D eigenvalue weighted by atomic mass is 9.80. The first-order chi connectivity index (χ1) is 16.2. The number of likely N-dealkylation sites (tertiary alicyclic amines) is 1. The number of hydrogen-bond donors (Lipinski definition) is 1. The molecular weight excluding hydrogens is 452 g/mol. The first kappa shape index (κ1) is 23.8. The number of anilines is 1. The van der Waals surface area contributed by atoms with Crippen molar-refractivity contribution in [3.05, 3.63) is 76.1 Å². The average Bonchev–Trinajstić information content (AvgIpc) is 3.35. The van der Waals surface area contributed by atoms with Gasteiger partial charge in [0.05, 0.1) is 6.42 Å². The Kier molecular flexibility index (Phi) is 6.37. The number of benzene rings is 2. The van der Waals surface area contributed by atoms with E-state index in [1.807, 2.05) is 38.1 Å². The van der Waals surface area contributed by atoms with Gasteiger partial charge in [0.2, 0.25) is 5.91 Å². The topological polar surface area (TPSA) is 74.1 Å². The van der Waals surface area contributed by atoms with E-state index < -0.39 is 17.6 Å². The molecule has 0 aliphatic carbocycles. The SMILES string of the molecule is [C-]#[N+][C@@H]1C[C@@]2(CN1C(=O)[C@H](CC(C)C)N(C)C(=O)c1ccc(Cl)cc1)C(=O)Nc1ccccc12. The molecule has 1 saturated heterocycles. The summed E-state index contributed by atoms with van der Waals surface area (Å²) in [4.78, 5) is 46.8. The molecule has 0 saturated carbocycles. The first-order valence-electron chi connectivity index (χ1n) is 11.3. The number of halogens is 1. The standard InChI is InChI=1S/C26H27ClN4O3/c1-16(2)13-21(30(4)23(32)17-9-11-18(27)12-10-17)24(33)31-15-26(14-22(31)28-3)19-7-5-6-8-20(19)29-25(26)34/h5-12,16,21-22H,13-15H2,1-2,4H3,(H,29,34)/t21-,22-,26-/m0/s1. The van der Waals surface area contributed by atoms with Crippen LogP contribution in [0.4, 0.5) is 5.69 Å². The fourth-order valence-corrected chi connectivity index (χ4v) is 5.08. The molecule has 1 fully saturated rings. The van der Waals surface area contributed by atoms with Gasteiger partial charge in [-0.15, -0.1) is 0 Å². The number of rotatable bonds is 5. The van der Waals surface area contributed by atoms with Crippen LogP contribution in [0.3, 0.4) is 0 Å². The van der Waals surface area contributed by atoms with Crippen LogP contribution in [0, 0.1) is 12.5 Å². The maximum absolute atomic E-state index is 13.9. The van der Waals surface area contributed by atoms with Gasteiger partial charge in [-0.3, -0.25) is 24.1 Å². The Morgan fingerprint density at radius 3 is 2.56 bits per heavy atom. The molecule has 34 heavy (non-hydrogen) atoms. The summed E-state index contributed by atoms with van der Waals surface area (Å²) in [6.07, 6.45) is -0.113. The molecule has 3 atom stereocenters. The quantitative estimate of drug-likeness (QED) is 0.655. The number of amides is 3. The first-order valence-corrected chi connectivity index (χ1v) is 11.7. The van der Waals surface area contributed by atoms with Crippen LogP contribution in [0.1, 0.15) is 42.6 Å². The molecule has 3 amide bonds. The van der Waals surface area contributed by atoms with Crippen LogP contribution in [0.5, 0.6) is 0 Å². The second kappa shape index (κ2) is 9.11. The minimum Gasteiger partial charge on any atom is -0.330 e. The number of carbonyl (C=O) groups is 3. The molecule has 0 radical (unpaired) electrons. The van der Waals surface area contributed by atoms with Gasteiger partial charge in [-0.05, 0) is 48.2 Å². The minimum atomic E-state index is -0.956. The summed E-state index contributed by atoms with van der Waals surface area (Å²) in [6.45, 7) is 11.8. The number of carbonyl (C=O) groups excluding carboxylic acids is 3. The fourth-order valence-electron chi connectivity index (χ4n) is 4.96. The zero-order valence-corrected chi connectivity index (χ0v) is 20.2. The number of hydrogen-bond acceptors (Lipinski definition) is 3. The molecule has 2 aromatic rings. The summed E-state index contributed by atoms with van der Waals surface area (Å²) in [5.41, 5.74) is 1.01. The van der Waals surface area contributed by atoms with Gasteiger partial charge >= 0.3 is 6.17 Å². The summed E-state index contributed by atoms with van der Waals surface area (Å²) in [6, 6.07) is 13.2. The maximum Gasteiger partial charge on any atom is 0.302 e. The Morgan fingerprint density at radius 2 is 1.91 bits per heavy atom. The number of para-hydroxylation sites is 1. The largest absolute Gasteiger partial charge is 0.330 e. The van der Waals surface area contributed by atoms with Crippen molar-refractivity contribution in [1.82, 2.24) is 9.80 Å². The molecule has 7 nitrogen and oxygen atoms in total. The van der Waals surface area contributed by atoms with Crippen molar-refractivity contribution < 1.29 is 14.4 Å². The normalized spacial score (nSPS) is 21.8. The lowest BCUT2D eigenvalue weighted by Gasteiger charge is -2.32. The van der Waals surface area contributed by atoms with Gasteiger partial charge < -0.3 is 10.2 Å². The van der Waals surface area contributed by atoms with E-state index in [1.54, 1.807) is 31.3 Å². The molecule has 2 aliphatic heterocycles. The third-order valence-corrected chi connectivity index (χ3v) is 7.00. The van der Waals surface area contributed by atoms with Gasteiger partial charge in [0, 0.05) is 29.9 Å². The summed E-state index contributed by atoms with van der Waals surface area (Å²) >= 11 is 5.96. The molecular formula is C26H27ClN4O3. The summed E-state index contributed by atoms with van der Waals surface area (Å²) in [7, 11) is 1.61. The molecule has 0 bridgehead atoms. The van der Waals surface area contributed by atoms with Crippen LogP contribution in [0.25, 0.3) is 4.85 Å². The lowest BCUT2D eigenvalue weighted by molar-refractivity contribution is -0.136. The molecule has 0 aromatic heterocycles. The van der Waals surface area contributed by atoms with Crippen LogP contribution in [0.15, 0.2) is 48.5 Å². The fraction of sp³-hybridized carbons (Fsp3) is 0.385. The zero-order chi connectivity index (χ0) is 24.6. The Morgan fingerprint density at radius 1 is 1.24 bits per heavy atom. The average molecular weight is 479 g/mol. The van der Waals surface area contributed by atoms with E-state index in [4.69, 9.17) is 18.2 Å². The molecule has 8 heteroatoms. The predicted molar refractivity (Wildman–Crippen MR) is 130 cm³/mol. The van der Waals surface area contributed by atoms with Crippen LogP contribution in [0.2, 0.25) is 5.02 Å². The van der Waals surface area contributed by atoms with E-state index in [1.165, 1.54) is 9.80 Å². The van der Waals surface area contributed by atoms with Crippen molar-refractivity contribution in [2.75, 3.05) is 18.9 Å². The maximum atomic E-state index is 13.9.